The third-order valence-corrected chi connectivity index (χ3v) is 6.03. The number of ether oxygens (including phenoxy) is 1. The predicted molar refractivity (Wildman–Crippen MR) is 120 cm³/mol. The lowest BCUT2D eigenvalue weighted by Crippen LogP contribution is -2.44. The van der Waals surface area contributed by atoms with Crippen LogP contribution in [0.15, 0.2) is 17.1 Å². The van der Waals surface area contributed by atoms with Crippen LogP contribution in [-0.4, -0.2) is 77.6 Å². The second-order valence-corrected chi connectivity index (χ2v) is 8.32. The molecular weight excluding hydrogens is 414 g/mol. The van der Waals surface area contributed by atoms with E-state index >= 15 is 0 Å². The van der Waals surface area contributed by atoms with E-state index in [0.717, 1.165) is 38.3 Å². The monoisotopic (exact) mass is 443 g/mol. The fourth-order valence-electron chi connectivity index (χ4n) is 4.12. The number of aromatic carboxylic acids is 1. The highest BCUT2D eigenvalue weighted by Crippen LogP contribution is 2.31. The summed E-state index contributed by atoms with van der Waals surface area (Å²) < 4.78 is 6.92. The van der Waals surface area contributed by atoms with Gasteiger partial charge in [0.15, 0.2) is 11.3 Å². The van der Waals surface area contributed by atoms with Gasteiger partial charge in [0.05, 0.1) is 18.0 Å². The fourth-order valence-corrected chi connectivity index (χ4v) is 4.12. The van der Waals surface area contributed by atoms with Gasteiger partial charge in [0.2, 0.25) is 11.7 Å². The highest BCUT2D eigenvalue weighted by molar-refractivity contribution is 6.00. The standard InChI is InChI=1S/C22H29N5O5/c1-3-4-12-32-19-18(22(30)31)23-20-16(26-7-5-6-17(26)28)13-15(14-27(20)21(19)29)25-10-8-24(2)9-11-25/h13-14H,3-12H2,1-2H3,(H,30,31). The van der Waals surface area contributed by atoms with Gasteiger partial charge in [-0.1, -0.05) is 13.3 Å². The largest absolute Gasteiger partial charge is 0.486 e. The first-order valence-corrected chi connectivity index (χ1v) is 11.1. The molecule has 0 radical (unpaired) electrons. The number of nitrogens with zero attached hydrogens (tertiary/aromatic N) is 5. The number of likely N-dealkylation sites (N-methyl/N-ethyl adjacent to an activating group) is 1. The molecule has 2 saturated heterocycles. The van der Waals surface area contributed by atoms with Gasteiger partial charge in [-0.25, -0.2) is 9.78 Å². The molecule has 0 aliphatic carbocycles. The highest BCUT2D eigenvalue weighted by atomic mass is 16.5. The maximum atomic E-state index is 13.4. The van der Waals surface area contributed by atoms with Crippen LogP contribution >= 0.6 is 0 Å². The third-order valence-electron chi connectivity index (χ3n) is 6.03. The van der Waals surface area contributed by atoms with Crippen molar-refractivity contribution in [3.8, 4) is 5.75 Å². The topological polar surface area (TPSA) is 108 Å². The van der Waals surface area contributed by atoms with Crippen molar-refractivity contribution in [3.63, 3.8) is 0 Å². The molecule has 0 aromatic carbocycles. The molecule has 32 heavy (non-hydrogen) atoms. The molecule has 2 aromatic rings. The first-order chi connectivity index (χ1) is 15.4. The van der Waals surface area contributed by atoms with Crippen molar-refractivity contribution < 1.29 is 19.4 Å². The maximum Gasteiger partial charge on any atom is 0.358 e. The quantitative estimate of drug-likeness (QED) is 0.641. The lowest BCUT2D eigenvalue weighted by atomic mass is 10.2. The Hall–Kier alpha value is -3.14. The number of rotatable bonds is 7. The van der Waals surface area contributed by atoms with Gasteiger partial charge in [0.25, 0.3) is 0 Å². The van der Waals surface area contributed by atoms with Crippen molar-refractivity contribution in [2.24, 2.45) is 0 Å². The Morgan fingerprint density at radius 3 is 2.56 bits per heavy atom. The summed E-state index contributed by atoms with van der Waals surface area (Å²) in [7, 11) is 2.06. The van der Waals surface area contributed by atoms with Crippen LogP contribution < -0.4 is 20.1 Å². The number of carbonyl (C=O) groups excluding carboxylic acids is 1. The van der Waals surface area contributed by atoms with E-state index in [9.17, 15) is 19.5 Å². The number of piperazine rings is 1. The number of aromatic nitrogens is 2. The van der Waals surface area contributed by atoms with Crippen LogP contribution in [-0.2, 0) is 4.79 Å². The lowest BCUT2D eigenvalue weighted by molar-refractivity contribution is -0.117. The minimum atomic E-state index is -1.34. The average molecular weight is 444 g/mol. The Bertz CT molecular complexity index is 1090. The van der Waals surface area contributed by atoms with E-state index in [2.05, 4.69) is 21.8 Å². The Labute approximate surface area is 186 Å². The summed E-state index contributed by atoms with van der Waals surface area (Å²) in [6, 6.07) is 1.85. The van der Waals surface area contributed by atoms with E-state index in [0.29, 0.717) is 31.5 Å². The fraction of sp³-hybridized carbons (Fsp3) is 0.545. The first-order valence-electron chi connectivity index (χ1n) is 11.1. The summed E-state index contributed by atoms with van der Waals surface area (Å²) in [5.74, 6) is -1.66. The zero-order valence-electron chi connectivity index (χ0n) is 18.5. The van der Waals surface area contributed by atoms with Gasteiger partial charge in [-0.2, -0.15) is 0 Å². The van der Waals surface area contributed by atoms with Gasteiger partial charge in [-0.15, -0.1) is 0 Å². The summed E-state index contributed by atoms with van der Waals surface area (Å²) in [6.45, 7) is 6.05. The number of unbranched alkanes of at least 4 members (excludes halogenated alkanes) is 1. The Balaban J connectivity index is 1.91. The van der Waals surface area contributed by atoms with Crippen LogP contribution in [0.4, 0.5) is 11.4 Å². The Morgan fingerprint density at radius 2 is 1.94 bits per heavy atom. The number of carbonyl (C=O) groups is 2. The molecular formula is C22H29N5O5. The van der Waals surface area contributed by atoms with Crippen LogP contribution in [0.25, 0.3) is 5.65 Å². The van der Waals surface area contributed by atoms with Gasteiger partial charge in [-0.3, -0.25) is 14.0 Å². The smallest absolute Gasteiger partial charge is 0.358 e. The third kappa shape index (κ3) is 4.14. The molecule has 172 valence electrons. The van der Waals surface area contributed by atoms with Crippen LogP contribution in [0.5, 0.6) is 5.75 Å². The molecule has 2 aliphatic heterocycles. The van der Waals surface area contributed by atoms with Crippen molar-refractivity contribution in [3.05, 3.63) is 28.3 Å². The molecule has 0 spiro atoms. The molecule has 4 rings (SSSR count). The summed E-state index contributed by atoms with van der Waals surface area (Å²) in [5, 5.41) is 9.71. The van der Waals surface area contributed by atoms with E-state index in [1.54, 1.807) is 11.1 Å². The molecule has 2 fully saturated rings. The second kappa shape index (κ2) is 9.15. The predicted octanol–water partition coefficient (Wildman–Crippen LogP) is 1.45. The zero-order chi connectivity index (χ0) is 22.8. The molecule has 2 aromatic heterocycles. The molecule has 0 bridgehead atoms. The van der Waals surface area contributed by atoms with Crippen LogP contribution in [0.3, 0.4) is 0 Å². The molecule has 0 unspecified atom stereocenters. The van der Waals surface area contributed by atoms with Crippen LogP contribution in [0.1, 0.15) is 43.1 Å². The van der Waals surface area contributed by atoms with Crippen LogP contribution in [0, 0.1) is 0 Å². The summed E-state index contributed by atoms with van der Waals surface area (Å²) in [6.07, 6.45) is 4.34. The van der Waals surface area contributed by atoms with E-state index in [1.807, 2.05) is 13.0 Å². The molecule has 0 saturated carbocycles. The van der Waals surface area contributed by atoms with E-state index in [1.165, 1.54) is 4.40 Å². The van der Waals surface area contributed by atoms with Crippen molar-refractivity contribution >= 4 is 28.9 Å². The number of anilines is 2. The van der Waals surface area contributed by atoms with E-state index in [4.69, 9.17) is 4.74 Å². The molecule has 4 heterocycles. The molecule has 0 atom stereocenters. The summed E-state index contributed by atoms with van der Waals surface area (Å²) >= 11 is 0. The Kier molecular flexibility index (Phi) is 6.31. The van der Waals surface area contributed by atoms with E-state index in [-0.39, 0.29) is 23.9 Å². The van der Waals surface area contributed by atoms with Crippen molar-refractivity contribution in [1.82, 2.24) is 14.3 Å². The number of carboxylic acid groups (broad SMARTS) is 1. The molecule has 2 aliphatic rings. The molecule has 1 N–H and O–H groups in total. The number of pyridine rings is 1. The number of hydrogen-bond acceptors (Lipinski definition) is 7. The highest BCUT2D eigenvalue weighted by Gasteiger charge is 2.29. The normalized spacial score (nSPS) is 17.4. The lowest BCUT2D eigenvalue weighted by Gasteiger charge is -2.34. The SMILES string of the molecule is CCCCOc1c(C(=O)O)nc2c(N3CCCC3=O)cc(N3CCN(C)CC3)cn2c1=O. The number of amides is 1. The molecule has 10 heteroatoms. The first kappa shape index (κ1) is 22.1. The van der Waals surface area contributed by atoms with Crippen molar-refractivity contribution in [2.45, 2.75) is 32.6 Å². The summed E-state index contributed by atoms with van der Waals surface area (Å²) in [4.78, 5) is 48.1. The van der Waals surface area contributed by atoms with Gasteiger partial charge in [0, 0.05) is 45.3 Å². The molecule has 10 nitrogen and oxygen atoms in total. The second-order valence-electron chi connectivity index (χ2n) is 8.32. The number of fused-ring (bicyclic) bond motifs is 1. The summed E-state index contributed by atoms with van der Waals surface area (Å²) in [5.41, 5.74) is 0.414. The zero-order valence-corrected chi connectivity index (χ0v) is 18.5. The number of hydrogen-bond donors (Lipinski definition) is 1. The van der Waals surface area contributed by atoms with Crippen molar-refractivity contribution in [2.75, 3.05) is 56.2 Å². The Morgan fingerprint density at radius 1 is 1.19 bits per heavy atom. The van der Waals surface area contributed by atoms with Crippen molar-refractivity contribution in [1.29, 1.82) is 0 Å². The maximum absolute atomic E-state index is 13.4. The van der Waals surface area contributed by atoms with Crippen LogP contribution in [0.2, 0.25) is 0 Å². The average Bonchev–Trinajstić information content (AvgIpc) is 3.20. The van der Waals surface area contributed by atoms with Gasteiger partial charge in [-0.05, 0) is 26.0 Å². The minimum Gasteiger partial charge on any atom is -0.486 e. The van der Waals surface area contributed by atoms with Gasteiger partial charge in [0.1, 0.15) is 0 Å². The number of carboxylic acids is 1. The van der Waals surface area contributed by atoms with E-state index < -0.39 is 17.2 Å². The van der Waals surface area contributed by atoms with Gasteiger partial charge < -0.3 is 24.5 Å². The minimum absolute atomic E-state index is 0.0585. The van der Waals surface area contributed by atoms with Gasteiger partial charge >= 0.3 is 11.5 Å². The molecule has 1 amide bonds.